The molecule has 1 N–H and O–H groups in total. The van der Waals surface area contributed by atoms with Crippen molar-refractivity contribution in [2.45, 2.75) is 19.4 Å². The molecule has 0 saturated carbocycles. The highest BCUT2D eigenvalue weighted by atomic mass is 16.5. The van der Waals surface area contributed by atoms with E-state index in [1.54, 1.807) is 0 Å². The second-order valence-corrected chi connectivity index (χ2v) is 6.16. The SMILES string of the molecule is CCOc1ccc(C(O)CN(C)CC2CCN(C)C2)cc1. The van der Waals surface area contributed by atoms with E-state index in [9.17, 15) is 5.11 Å². The normalized spacial score (nSPS) is 20.9. The Morgan fingerprint density at radius 3 is 2.67 bits per heavy atom. The van der Waals surface area contributed by atoms with Gasteiger partial charge < -0.3 is 19.6 Å². The number of rotatable bonds is 7. The number of benzene rings is 1. The van der Waals surface area contributed by atoms with Crippen LogP contribution >= 0.6 is 0 Å². The van der Waals surface area contributed by atoms with E-state index in [1.165, 1.54) is 19.5 Å². The molecule has 0 spiro atoms. The van der Waals surface area contributed by atoms with Gasteiger partial charge >= 0.3 is 0 Å². The number of aliphatic hydroxyl groups is 1. The van der Waals surface area contributed by atoms with E-state index in [1.807, 2.05) is 31.2 Å². The van der Waals surface area contributed by atoms with Gasteiger partial charge in [-0.05, 0) is 57.6 Å². The molecule has 1 aliphatic rings. The summed E-state index contributed by atoms with van der Waals surface area (Å²) in [5, 5.41) is 10.3. The fourth-order valence-electron chi connectivity index (χ4n) is 3.04. The summed E-state index contributed by atoms with van der Waals surface area (Å²) in [6.45, 7) is 6.73. The molecular weight excluding hydrogens is 264 g/mol. The van der Waals surface area contributed by atoms with E-state index in [-0.39, 0.29) is 0 Å². The van der Waals surface area contributed by atoms with Gasteiger partial charge in [0.25, 0.3) is 0 Å². The third-order valence-corrected chi connectivity index (χ3v) is 4.12. The number of ether oxygens (including phenoxy) is 1. The smallest absolute Gasteiger partial charge is 0.119 e. The van der Waals surface area contributed by atoms with E-state index in [4.69, 9.17) is 4.74 Å². The summed E-state index contributed by atoms with van der Waals surface area (Å²) >= 11 is 0. The van der Waals surface area contributed by atoms with Crippen LogP contribution in [0.25, 0.3) is 0 Å². The van der Waals surface area contributed by atoms with Gasteiger partial charge in [0, 0.05) is 19.6 Å². The number of nitrogens with zero attached hydrogens (tertiary/aromatic N) is 2. The summed E-state index contributed by atoms with van der Waals surface area (Å²) in [6, 6.07) is 7.75. The van der Waals surface area contributed by atoms with Crippen LogP contribution in [0.4, 0.5) is 0 Å². The first-order chi connectivity index (χ1) is 10.1. The molecule has 1 aliphatic heterocycles. The molecule has 1 aromatic carbocycles. The zero-order valence-corrected chi connectivity index (χ0v) is 13.5. The zero-order valence-electron chi connectivity index (χ0n) is 13.5. The Labute approximate surface area is 128 Å². The van der Waals surface area contributed by atoms with Crippen molar-refractivity contribution in [2.75, 3.05) is 46.9 Å². The van der Waals surface area contributed by atoms with Gasteiger partial charge in [0.1, 0.15) is 5.75 Å². The summed E-state index contributed by atoms with van der Waals surface area (Å²) < 4.78 is 5.42. The Morgan fingerprint density at radius 2 is 2.10 bits per heavy atom. The lowest BCUT2D eigenvalue weighted by molar-refractivity contribution is 0.119. The van der Waals surface area contributed by atoms with Crippen molar-refractivity contribution in [3.05, 3.63) is 29.8 Å². The van der Waals surface area contributed by atoms with Crippen LogP contribution in [0.5, 0.6) is 5.75 Å². The Morgan fingerprint density at radius 1 is 1.38 bits per heavy atom. The summed E-state index contributed by atoms with van der Waals surface area (Å²) in [6.07, 6.45) is 0.824. The van der Waals surface area contributed by atoms with Crippen LogP contribution in [-0.2, 0) is 0 Å². The second-order valence-electron chi connectivity index (χ2n) is 6.16. The summed E-state index contributed by atoms with van der Waals surface area (Å²) in [4.78, 5) is 4.62. The molecule has 1 fully saturated rings. The van der Waals surface area contributed by atoms with Crippen LogP contribution in [0.3, 0.4) is 0 Å². The van der Waals surface area contributed by atoms with Crippen molar-refractivity contribution in [3.63, 3.8) is 0 Å². The first kappa shape index (κ1) is 16.3. The lowest BCUT2D eigenvalue weighted by Gasteiger charge is -2.24. The predicted octanol–water partition coefficient (Wildman–Crippen LogP) is 2.00. The molecule has 0 amide bonds. The fourth-order valence-corrected chi connectivity index (χ4v) is 3.04. The van der Waals surface area contributed by atoms with Crippen molar-refractivity contribution in [1.82, 2.24) is 9.80 Å². The minimum absolute atomic E-state index is 0.440. The average Bonchev–Trinajstić information content (AvgIpc) is 2.85. The number of hydrogen-bond donors (Lipinski definition) is 1. The Hall–Kier alpha value is -1.10. The highest BCUT2D eigenvalue weighted by Crippen LogP contribution is 2.20. The summed E-state index contributed by atoms with van der Waals surface area (Å²) in [5.41, 5.74) is 0.953. The highest BCUT2D eigenvalue weighted by Gasteiger charge is 2.21. The van der Waals surface area contributed by atoms with E-state index in [0.29, 0.717) is 13.2 Å². The summed E-state index contributed by atoms with van der Waals surface area (Å²) in [5.74, 6) is 1.59. The lowest BCUT2D eigenvalue weighted by Crippen LogP contribution is -2.31. The van der Waals surface area contributed by atoms with E-state index >= 15 is 0 Å². The minimum Gasteiger partial charge on any atom is -0.494 e. The Kier molecular flexibility index (Phi) is 6.03. The quantitative estimate of drug-likeness (QED) is 0.834. The van der Waals surface area contributed by atoms with Crippen LogP contribution in [0, 0.1) is 5.92 Å². The third kappa shape index (κ3) is 4.99. The zero-order chi connectivity index (χ0) is 15.2. The van der Waals surface area contributed by atoms with E-state index < -0.39 is 6.10 Å². The molecule has 4 nitrogen and oxygen atoms in total. The van der Waals surface area contributed by atoms with Gasteiger partial charge in [-0.2, -0.15) is 0 Å². The molecule has 21 heavy (non-hydrogen) atoms. The predicted molar refractivity (Wildman–Crippen MR) is 85.7 cm³/mol. The molecule has 2 rings (SSSR count). The Balaban J connectivity index is 1.81. The van der Waals surface area contributed by atoms with Gasteiger partial charge in [0.2, 0.25) is 0 Å². The molecule has 0 bridgehead atoms. The molecule has 1 saturated heterocycles. The molecule has 1 heterocycles. The molecule has 4 heteroatoms. The third-order valence-electron chi connectivity index (χ3n) is 4.12. The second kappa shape index (κ2) is 7.78. The topological polar surface area (TPSA) is 35.9 Å². The number of likely N-dealkylation sites (tertiary alicyclic amines) is 1. The van der Waals surface area contributed by atoms with Crippen molar-refractivity contribution in [2.24, 2.45) is 5.92 Å². The van der Waals surface area contributed by atoms with Crippen molar-refractivity contribution >= 4 is 0 Å². The van der Waals surface area contributed by atoms with Crippen LogP contribution in [0.1, 0.15) is 25.0 Å². The van der Waals surface area contributed by atoms with Crippen LogP contribution in [-0.4, -0.2) is 61.8 Å². The molecule has 0 aromatic heterocycles. The van der Waals surface area contributed by atoms with E-state index in [0.717, 1.165) is 23.8 Å². The summed E-state index contributed by atoms with van der Waals surface area (Å²) in [7, 11) is 4.27. The minimum atomic E-state index is -0.440. The largest absolute Gasteiger partial charge is 0.494 e. The number of aliphatic hydroxyl groups excluding tert-OH is 1. The highest BCUT2D eigenvalue weighted by molar-refractivity contribution is 5.28. The number of likely N-dealkylation sites (N-methyl/N-ethyl adjacent to an activating group) is 1. The Bertz CT molecular complexity index is 421. The van der Waals surface area contributed by atoms with E-state index in [2.05, 4.69) is 23.9 Å². The van der Waals surface area contributed by atoms with Gasteiger partial charge in [0.05, 0.1) is 12.7 Å². The first-order valence-electron chi connectivity index (χ1n) is 7.86. The van der Waals surface area contributed by atoms with Crippen molar-refractivity contribution < 1.29 is 9.84 Å². The lowest BCUT2D eigenvalue weighted by atomic mass is 10.1. The molecule has 1 aromatic rings. The standard InChI is InChI=1S/C17H28N2O2/c1-4-21-16-7-5-15(6-8-16)17(20)13-19(3)12-14-9-10-18(2)11-14/h5-8,14,17,20H,4,9-13H2,1-3H3. The first-order valence-corrected chi connectivity index (χ1v) is 7.86. The van der Waals surface area contributed by atoms with Gasteiger partial charge in [-0.25, -0.2) is 0 Å². The molecule has 0 radical (unpaired) electrons. The monoisotopic (exact) mass is 292 g/mol. The van der Waals surface area contributed by atoms with Crippen LogP contribution in [0.2, 0.25) is 0 Å². The van der Waals surface area contributed by atoms with Crippen molar-refractivity contribution in [1.29, 1.82) is 0 Å². The van der Waals surface area contributed by atoms with Crippen LogP contribution in [0.15, 0.2) is 24.3 Å². The molecule has 118 valence electrons. The van der Waals surface area contributed by atoms with Crippen molar-refractivity contribution in [3.8, 4) is 5.75 Å². The fraction of sp³-hybridized carbons (Fsp3) is 0.647. The van der Waals surface area contributed by atoms with Gasteiger partial charge in [0.15, 0.2) is 0 Å². The maximum Gasteiger partial charge on any atom is 0.119 e. The van der Waals surface area contributed by atoms with Gasteiger partial charge in [-0.1, -0.05) is 12.1 Å². The maximum atomic E-state index is 10.3. The molecular formula is C17H28N2O2. The maximum absolute atomic E-state index is 10.3. The molecule has 2 atom stereocenters. The van der Waals surface area contributed by atoms with Crippen LogP contribution < -0.4 is 4.74 Å². The molecule has 2 unspecified atom stereocenters. The van der Waals surface area contributed by atoms with Gasteiger partial charge in [-0.3, -0.25) is 0 Å². The average molecular weight is 292 g/mol. The van der Waals surface area contributed by atoms with Gasteiger partial charge in [-0.15, -0.1) is 0 Å². The number of hydrogen-bond acceptors (Lipinski definition) is 4. The molecule has 0 aliphatic carbocycles.